The minimum atomic E-state index is -1.08. The monoisotopic (exact) mass is 335 g/mol. The van der Waals surface area contributed by atoms with Crippen molar-refractivity contribution in [2.45, 2.75) is 30.4 Å². The largest absolute Gasteiger partial charge is 0.462 e. The fraction of sp³-hybridized carbons (Fsp3) is 0.385. The summed E-state index contributed by atoms with van der Waals surface area (Å²) >= 11 is 1.49. The van der Waals surface area contributed by atoms with Crippen LogP contribution in [0.25, 0.3) is 10.8 Å². The lowest BCUT2D eigenvalue weighted by Crippen LogP contribution is -2.08. The van der Waals surface area contributed by atoms with E-state index in [0.717, 1.165) is 29.3 Å². The zero-order chi connectivity index (χ0) is 14.9. The first kappa shape index (κ1) is 13.8. The van der Waals surface area contributed by atoms with Gasteiger partial charge in [-0.3, -0.25) is 4.21 Å². The van der Waals surface area contributed by atoms with Gasteiger partial charge in [-0.1, -0.05) is 0 Å². The van der Waals surface area contributed by atoms with Crippen LogP contribution in [0.1, 0.15) is 30.4 Å². The highest BCUT2D eigenvalue weighted by atomic mass is 32.2. The first-order valence-corrected chi connectivity index (χ1v) is 9.26. The fourth-order valence-electron chi connectivity index (χ4n) is 2.16. The third kappa shape index (κ3) is 2.86. The van der Waals surface area contributed by atoms with Gasteiger partial charge in [-0.25, -0.2) is 9.67 Å². The van der Waals surface area contributed by atoms with Crippen molar-refractivity contribution in [1.82, 2.24) is 25.2 Å². The normalized spacial score (nSPS) is 16.0. The van der Waals surface area contributed by atoms with Gasteiger partial charge in [-0.15, -0.1) is 16.4 Å². The molecule has 22 heavy (non-hydrogen) atoms. The summed E-state index contributed by atoms with van der Waals surface area (Å²) < 4.78 is 19.4. The summed E-state index contributed by atoms with van der Waals surface area (Å²) in [6.07, 6.45) is 3.82. The Hall–Kier alpha value is -1.87. The van der Waals surface area contributed by atoms with Crippen molar-refractivity contribution in [3.8, 4) is 10.8 Å². The molecular weight excluding hydrogens is 322 g/mol. The lowest BCUT2D eigenvalue weighted by Gasteiger charge is -2.01. The topological polar surface area (TPSA) is 86.7 Å². The van der Waals surface area contributed by atoms with Gasteiger partial charge < -0.3 is 4.42 Å². The van der Waals surface area contributed by atoms with Gasteiger partial charge in [-0.05, 0) is 35.4 Å². The Morgan fingerprint density at radius 2 is 2.32 bits per heavy atom. The van der Waals surface area contributed by atoms with Crippen LogP contribution in [0.2, 0.25) is 0 Å². The molecule has 0 radical (unpaired) electrons. The Morgan fingerprint density at radius 3 is 3.09 bits per heavy atom. The maximum Gasteiger partial charge on any atom is 0.164 e. The van der Waals surface area contributed by atoms with Crippen molar-refractivity contribution < 1.29 is 8.63 Å². The highest BCUT2D eigenvalue weighted by molar-refractivity contribution is 7.83. The van der Waals surface area contributed by atoms with Crippen molar-refractivity contribution in [1.29, 1.82) is 0 Å². The molecular formula is C13H13N5O2S2. The first-order valence-electron chi connectivity index (χ1n) is 6.89. The summed E-state index contributed by atoms with van der Waals surface area (Å²) in [6.45, 7) is 0. The van der Waals surface area contributed by atoms with E-state index in [1.165, 1.54) is 11.3 Å². The van der Waals surface area contributed by atoms with Gasteiger partial charge in [0.15, 0.2) is 16.6 Å². The molecule has 3 heterocycles. The van der Waals surface area contributed by atoms with Crippen LogP contribution in [0, 0.1) is 0 Å². The molecule has 114 valence electrons. The summed E-state index contributed by atoms with van der Waals surface area (Å²) in [5.74, 6) is 2.19. The quantitative estimate of drug-likeness (QED) is 0.686. The summed E-state index contributed by atoms with van der Waals surface area (Å²) in [4.78, 5) is 4.47. The van der Waals surface area contributed by atoms with Crippen molar-refractivity contribution in [2.24, 2.45) is 0 Å². The fourth-order valence-corrected chi connectivity index (χ4v) is 4.11. The first-order chi connectivity index (χ1) is 10.8. The lowest BCUT2D eigenvalue weighted by molar-refractivity contribution is 0.581. The molecule has 1 aliphatic carbocycles. The van der Waals surface area contributed by atoms with Crippen LogP contribution in [-0.2, 0) is 22.3 Å². The second-order valence-electron chi connectivity index (χ2n) is 5.12. The number of hydrogen-bond donors (Lipinski definition) is 0. The second-order valence-corrected chi connectivity index (χ2v) is 7.44. The predicted octanol–water partition coefficient (Wildman–Crippen LogP) is 2.17. The van der Waals surface area contributed by atoms with E-state index in [-0.39, 0.29) is 0 Å². The van der Waals surface area contributed by atoms with Crippen molar-refractivity contribution in [3.63, 3.8) is 0 Å². The standard InChI is InChI=1S/C13H13N5O2S2/c19-22(8-12-15-16-17-18(12)10-3-4-10)7-9-6-21-13(14-9)11-2-1-5-20-11/h1-2,5-6,10H,3-4,7-8H2. The molecule has 0 aromatic carbocycles. The molecule has 4 rings (SSSR count). The average molecular weight is 335 g/mol. The van der Waals surface area contributed by atoms with Gasteiger partial charge in [-0.2, -0.15) is 0 Å². The molecule has 1 fully saturated rings. The highest BCUT2D eigenvalue weighted by Crippen LogP contribution is 2.34. The number of nitrogens with zero attached hydrogens (tertiary/aromatic N) is 5. The number of thiazole rings is 1. The number of aromatic nitrogens is 5. The summed E-state index contributed by atoms with van der Waals surface area (Å²) in [5, 5.41) is 14.4. The summed E-state index contributed by atoms with van der Waals surface area (Å²) in [5.41, 5.74) is 0.806. The third-order valence-electron chi connectivity index (χ3n) is 3.34. The Balaban J connectivity index is 1.42. The lowest BCUT2D eigenvalue weighted by atomic mass is 10.5. The molecule has 1 aliphatic rings. The van der Waals surface area contributed by atoms with Gasteiger partial charge in [0.25, 0.3) is 0 Å². The van der Waals surface area contributed by atoms with Crippen LogP contribution in [0.15, 0.2) is 28.2 Å². The van der Waals surface area contributed by atoms with E-state index < -0.39 is 10.8 Å². The molecule has 0 amide bonds. The SMILES string of the molecule is O=S(Cc1csc(-c2ccco2)n1)Cc1nnnn1C1CC1. The molecule has 0 saturated heterocycles. The van der Waals surface area contributed by atoms with E-state index in [1.54, 1.807) is 10.9 Å². The molecule has 9 heteroatoms. The zero-order valence-electron chi connectivity index (χ0n) is 11.6. The molecule has 0 bridgehead atoms. The number of hydrogen-bond acceptors (Lipinski definition) is 7. The Kier molecular flexibility index (Phi) is 3.59. The van der Waals surface area contributed by atoms with Crippen LogP contribution < -0.4 is 0 Å². The zero-order valence-corrected chi connectivity index (χ0v) is 13.2. The van der Waals surface area contributed by atoms with Gasteiger partial charge in [0.05, 0.1) is 29.5 Å². The van der Waals surface area contributed by atoms with Crippen molar-refractivity contribution >= 4 is 22.1 Å². The predicted molar refractivity (Wildman–Crippen MR) is 81.5 cm³/mol. The molecule has 0 aliphatic heterocycles. The maximum absolute atomic E-state index is 12.3. The van der Waals surface area contributed by atoms with Crippen LogP contribution in [-0.4, -0.2) is 29.4 Å². The number of furan rings is 1. The van der Waals surface area contributed by atoms with Crippen LogP contribution in [0.3, 0.4) is 0 Å². The molecule has 1 unspecified atom stereocenters. The molecule has 0 N–H and O–H groups in total. The van der Waals surface area contributed by atoms with E-state index in [0.29, 0.717) is 23.4 Å². The van der Waals surface area contributed by atoms with E-state index in [4.69, 9.17) is 4.42 Å². The Morgan fingerprint density at radius 1 is 1.41 bits per heavy atom. The van der Waals surface area contributed by atoms with Gasteiger partial charge in [0.2, 0.25) is 0 Å². The Bertz CT molecular complexity index is 791. The second kappa shape index (κ2) is 5.73. The molecule has 0 spiro atoms. The van der Waals surface area contributed by atoms with Gasteiger partial charge in [0.1, 0.15) is 0 Å². The minimum absolute atomic E-state index is 0.358. The number of tetrazole rings is 1. The summed E-state index contributed by atoms with van der Waals surface area (Å²) in [7, 11) is -1.08. The van der Waals surface area contributed by atoms with E-state index in [2.05, 4.69) is 20.5 Å². The molecule has 3 aromatic rings. The van der Waals surface area contributed by atoms with Gasteiger partial charge >= 0.3 is 0 Å². The molecule has 1 saturated carbocycles. The smallest absolute Gasteiger partial charge is 0.164 e. The number of rotatable bonds is 6. The van der Waals surface area contributed by atoms with E-state index in [9.17, 15) is 4.21 Å². The average Bonchev–Trinajstić information content (AvgIpc) is 2.96. The van der Waals surface area contributed by atoms with E-state index in [1.807, 2.05) is 17.5 Å². The van der Waals surface area contributed by atoms with Crippen LogP contribution in [0.4, 0.5) is 0 Å². The minimum Gasteiger partial charge on any atom is -0.462 e. The molecule has 1 atom stereocenters. The third-order valence-corrected chi connectivity index (χ3v) is 5.44. The molecule has 3 aromatic heterocycles. The van der Waals surface area contributed by atoms with Gasteiger partial charge in [0, 0.05) is 16.2 Å². The van der Waals surface area contributed by atoms with Crippen molar-refractivity contribution in [3.05, 3.63) is 35.3 Å². The summed E-state index contributed by atoms with van der Waals surface area (Å²) in [6, 6.07) is 4.09. The Labute approximate surface area is 132 Å². The van der Waals surface area contributed by atoms with Crippen LogP contribution in [0.5, 0.6) is 0 Å². The molecule has 7 nitrogen and oxygen atoms in total. The van der Waals surface area contributed by atoms with Crippen LogP contribution >= 0.6 is 11.3 Å². The highest BCUT2D eigenvalue weighted by Gasteiger charge is 2.28. The van der Waals surface area contributed by atoms with Crippen molar-refractivity contribution in [2.75, 3.05) is 0 Å². The maximum atomic E-state index is 12.3. The van der Waals surface area contributed by atoms with E-state index >= 15 is 0 Å².